The van der Waals surface area contributed by atoms with Gasteiger partial charge in [0, 0.05) is 34.0 Å². The Labute approximate surface area is 312 Å². The monoisotopic (exact) mass is 686 g/mol. The number of para-hydroxylation sites is 2. The average molecular weight is 687 g/mol. The van der Waals surface area contributed by atoms with Gasteiger partial charge in [-0.05, 0) is 85.1 Å². The second-order valence-corrected chi connectivity index (χ2v) is 14.4. The van der Waals surface area contributed by atoms with Crippen LogP contribution in [0.3, 0.4) is 0 Å². The molecule has 250 valence electrons. The van der Waals surface area contributed by atoms with E-state index in [1.165, 1.54) is 55.3 Å². The first-order valence-corrected chi connectivity index (χ1v) is 18.5. The number of rotatable bonds is 3. The Morgan fingerprint density at radius 2 is 1.00 bits per heavy atom. The molecule has 8 aromatic carbocycles. The Kier molecular flexibility index (Phi) is 5.98. The summed E-state index contributed by atoms with van der Waals surface area (Å²) in [7, 11) is 0. The zero-order valence-electron chi connectivity index (χ0n) is 29.1. The first-order chi connectivity index (χ1) is 26.8. The highest BCUT2D eigenvalue weighted by atomic mass is 16.5. The summed E-state index contributed by atoms with van der Waals surface area (Å²) in [4.78, 5) is 10.5. The van der Waals surface area contributed by atoms with E-state index in [-0.39, 0.29) is 0 Å². The number of fused-ring (bicyclic) bond motifs is 12. The molecular formula is C51H30N2O. The molecule has 0 radical (unpaired) electrons. The molecule has 0 saturated carbocycles. The van der Waals surface area contributed by atoms with Crippen molar-refractivity contribution in [3.05, 3.63) is 204 Å². The van der Waals surface area contributed by atoms with E-state index in [9.17, 15) is 0 Å². The molecule has 0 N–H and O–H groups in total. The molecule has 0 atom stereocenters. The van der Waals surface area contributed by atoms with Gasteiger partial charge in [-0.1, -0.05) is 152 Å². The number of hydrogen-bond donors (Lipinski definition) is 0. The summed E-state index contributed by atoms with van der Waals surface area (Å²) in [5.41, 5.74) is 16.8. The van der Waals surface area contributed by atoms with Gasteiger partial charge in [-0.2, -0.15) is 0 Å². The van der Waals surface area contributed by atoms with Crippen LogP contribution in [0, 0.1) is 0 Å². The fourth-order valence-corrected chi connectivity index (χ4v) is 9.51. The summed E-state index contributed by atoms with van der Waals surface area (Å²) in [5.74, 6) is 2.49. The Bertz CT molecular complexity index is 2980. The van der Waals surface area contributed by atoms with E-state index in [0.29, 0.717) is 5.82 Å². The van der Waals surface area contributed by atoms with Crippen molar-refractivity contribution >= 4 is 10.8 Å². The summed E-state index contributed by atoms with van der Waals surface area (Å²) in [6.45, 7) is 0. The molecule has 3 aliphatic rings. The summed E-state index contributed by atoms with van der Waals surface area (Å²) in [5, 5.41) is 2.58. The minimum absolute atomic E-state index is 0.514. The van der Waals surface area contributed by atoms with Crippen LogP contribution in [-0.4, -0.2) is 9.97 Å². The standard InChI is InChI=1S/C51H30N2O/c1-2-12-31(13-3-1)41-30-52-50(34-24-26-35-37-17-10-14-32-15-11-18-38(48(32)37)39(35)29-34)53-49(41)33-25-27-43-40(28-33)36-16-4-5-19-42(36)51(43)44-20-6-8-22-46(44)54-47-23-9-7-21-45(47)51/h1-30H. The first-order valence-electron chi connectivity index (χ1n) is 18.5. The lowest BCUT2D eigenvalue weighted by Gasteiger charge is -2.39. The zero-order chi connectivity index (χ0) is 35.4. The molecule has 12 rings (SSSR count). The smallest absolute Gasteiger partial charge is 0.159 e. The fourth-order valence-electron chi connectivity index (χ4n) is 9.51. The number of ether oxygens (including phenoxy) is 1. The molecule has 1 aliphatic heterocycles. The molecule has 3 heteroatoms. The number of benzene rings is 8. The van der Waals surface area contributed by atoms with Crippen molar-refractivity contribution in [2.24, 2.45) is 0 Å². The van der Waals surface area contributed by atoms with Crippen LogP contribution >= 0.6 is 0 Å². The first kappa shape index (κ1) is 29.5. The maximum Gasteiger partial charge on any atom is 0.159 e. The van der Waals surface area contributed by atoms with Crippen molar-refractivity contribution in [3.63, 3.8) is 0 Å². The highest BCUT2D eigenvalue weighted by Gasteiger charge is 2.51. The largest absolute Gasteiger partial charge is 0.457 e. The molecule has 0 amide bonds. The van der Waals surface area contributed by atoms with Crippen LogP contribution in [0.25, 0.3) is 77.9 Å². The van der Waals surface area contributed by atoms with Gasteiger partial charge in [-0.3, -0.25) is 0 Å². The second kappa shape index (κ2) is 11.0. The van der Waals surface area contributed by atoms with Gasteiger partial charge in [0.25, 0.3) is 0 Å². The normalized spacial score (nSPS) is 13.5. The van der Waals surface area contributed by atoms with Crippen molar-refractivity contribution in [2.45, 2.75) is 5.41 Å². The van der Waals surface area contributed by atoms with E-state index in [2.05, 4.69) is 176 Å². The topological polar surface area (TPSA) is 35.0 Å². The summed E-state index contributed by atoms with van der Waals surface area (Å²) in [6.07, 6.45) is 2.00. The fraction of sp³-hybridized carbons (Fsp3) is 0.0196. The molecule has 1 spiro atoms. The Morgan fingerprint density at radius 3 is 1.78 bits per heavy atom. The predicted octanol–water partition coefficient (Wildman–Crippen LogP) is 12.7. The average Bonchev–Trinajstić information content (AvgIpc) is 3.72. The lowest BCUT2D eigenvalue weighted by molar-refractivity contribution is 0.436. The molecule has 9 aromatic rings. The van der Waals surface area contributed by atoms with Crippen molar-refractivity contribution in [2.75, 3.05) is 0 Å². The van der Waals surface area contributed by atoms with E-state index >= 15 is 0 Å². The zero-order valence-corrected chi connectivity index (χ0v) is 29.1. The van der Waals surface area contributed by atoms with Gasteiger partial charge in [-0.15, -0.1) is 0 Å². The third-order valence-electron chi connectivity index (χ3n) is 11.8. The van der Waals surface area contributed by atoms with Crippen LogP contribution < -0.4 is 4.74 Å². The molecule has 0 unspecified atom stereocenters. The molecule has 54 heavy (non-hydrogen) atoms. The minimum atomic E-state index is -0.514. The van der Waals surface area contributed by atoms with Gasteiger partial charge >= 0.3 is 0 Å². The SMILES string of the molecule is c1ccc(-c2cnc(-c3ccc4c(c3)-c3cccc5cccc-4c35)nc2-c2ccc3c(c2)-c2ccccc2C32c3ccccc3Oc3ccccc32)cc1. The van der Waals surface area contributed by atoms with Gasteiger partial charge < -0.3 is 4.74 Å². The number of nitrogens with zero attached hydrogens (tertiary/aromatic N) is 2. The van der Waals surface area contributed by atoms with Gasteiger partial charge in [0.05, 0.1) is 11.1 Å². The lowest BCUT2D eigenvalue weighted by Crippen LogP contribution is -2.32. The van der Waals surface area contributed by atoms with Crippen molar-refractivity contribution in [1.82, 2.24) is 9.97 Å². The van der Waals surface area contributed by atoms with Crippen LogP contribution in [0.4, 0.5) is 0 Å². The number of aromatic nitrogens is 2. The Morgan fingerprint density at radius 1 is 0.389 bits per heavy atom. The van der Waals surface area contributed by atoms with Crippen molar-refractivity contribution in [1.29, 1.82) is 0 Å². The van der Waals surface area contributed by atoms with Crippen LogP contribution in [0.15, 0.2) is 182 Å². The molecule has 0 bridgehead atoms. The van der Waals surface area contributed by atoms with Crippen LogP contribution in [0.2, 0.25) is 0 Å². The maximum absolute atomic E-state index is 6.55. The van der Waals surface area contributed by atoms with Gasteiger partial charge in [0.2, 0.25) is 0 Å². The third kappa shape index (κ3) is 3.90. The van der Waals surface area contributed by atoms with E-state index < -0.39 is 5.41 Å². The molecule has 0 fully saturated rings. The lowest BCUT2D eigenvalue weighted by atomic mass is 9.66. The van der Waals surface area contributed by atoms with E-state index in [4.69, 9.17) is 14.7 Å². The molecule has 2 heterocycles. The van der Waals surface area contributed by atoms with E-state index in [1.54, 1.807) is 0 Å². The van der Waals surface area contributed by atoms with Crippen molar-refractivity contribution < 1.29 is 4.74 Å². The Balaban J connectivity index is 1.07. The van der Waals surface area contributed by atoms with Crippen LogP contribution in [-0.2, 0) is 5.41 Å². The van der Waals surface area contributed by atoms with Gasteiger partial charge in [0.15, 0.2) is 5.82 Å². The van der Waals surface area contributed by atoms with Gasteiger partial charge in [0.1, 0.15) is 11.5 Å². The third-order valence-corrected chi connectivity index (χ3v) is 11.8. The number of hydrogen-bond acceptors (Lipinski definition) is 3. The quantitative estimate of drug-likeness (QED) is 0.186. The van der Waals surface area contributed by atoms with E-state index in [0.717, 1.165) is 50.6 Å². The van der Waals surface area contributed by atoms with Crippen molar-refractivity contribution in [3.8, 4) is 78.7 Å². The highest BCUT2D eigenvalue weighted by molar-refractivity contribution is 6.15. The molecule has 2 aliphatic carbocycles. The molecule has 1 aromatic heterocycles. The maximum atomic E-state index is 6.55. The summed E-state index contributed by atoms with van der Waals surface area (Å²) < 4.78 is 6.55. The summed E-state index contributed by atoms with van der Waals surface area (Å²) >= 11 is 0. The van der Waals surface area contributed by atoms with Crippen LogP contribution in [0.5, 0.6) is 11.5 Å². The van der Waals surface area contributed by atoms with Gasteiger partial charge in [-0.25, -0.2) is 9.97 Å². The van der Waals surface area contributed by atoms with E-state index in [1.807, 2.05) is 6.20 Å². The molecule has 0 saturated heterocycles. The molecular weight excluding hydrogens is 657 g/mol. The van der Waals surface area contributed by atoms with Crippen LogP contribution in [0.1, 0.15) is 22.3 Å². The predicted molar refractivity (Wildman–Crippen MR) is 218 cm³/mol. The Hall–Kier alpha value is -7.10. The molecule has 3 nitrogen and oxygen atoms in total. The second-order valence-electron chi connectivity index (χ2n) is 14.4. The minimum Gasteiger partial charge on any atom is -0.457 e. The highest BCUT2D eigenvalue weighted by Crippen LogP contribution is 2.62. The summed E-state index contributed by atoms with van der Waals surface area (Å²) in [6, 6.07) is 63.1.